The smallest absolute Gasteiger partial charge is 0.416 e. The number of aromatic nitrogens is 4. The molecular formula is C21H15F3N4O. The van der Waals surface area contributed by atoms with Crippen molar-refractivity contribution >= 4 is 0 Å². The Bertz CT molecular complexity index is 1120. The molecule has 0 saturated carbocycles. The molecule has 0 saturated heterocycles. The van der Waals surface area contributed by atoms with Gasteiger partial charge in [0.15, 0.2) is 5.82 Å². The van der Waals surface area contributed by atoms with Gasteiger partial charge >= 0.3 is 12.2 Å². The summed E-state index contributed by atoms with van der Waals surface area (Å²) in [5.41, 5.74) is 1.72. The Hall–Kier alpha value is -3.68. The van der Waals surface area contributed by atoms with Crippen molar-refractivity contribution in [2.45, 2.75) is 13.1 Å². The summed E-state index contributed by atoms with van der Waals surface area (Å²) in [5.74, 6) is 0.500. The van der Waals surface area contributed by atoms with Crippen LogP contribution in [-0.2, 0) is 6.18 Å². The van der Waals surface area contributed by atoms with Crippen molar-refractivity contribution in [1.29, 1.82) is 0 Å². The lowest BCUT2D eigenvalue weighted by molar-refractivity contribution is -0.137. The average Bonchev–Trinajstić information content (AvgIpc) is 3.12. The Labute approximate surface area is 164 Å². The van der Waals surface area contributed by atoms with Gasteiger partial charge in [-0.25, -0.2) is 4.57 Å². The first kappa shape index (κ1) is 18.7. The number of pyridine rings is 1. The molecule has 0 unspecified atom stereocenters. The van der Waals surface area contributed by atoms with E-state index in [1.54, 1.807) is 29.1 Å². The average molecular weight is 396 g/mol. The Morgan fingerprint density at radius 3 is 2.31 bits per heavy atom. The monoisotopic (exact) mass is 396 g/mol. The van der Waals surface area contributed by atoms with Crippen LogP contribution < -0.4 is 4.74 Å². The van der Waals surface area contributed by atoms with E-state index < -0.39 is 11.7 Å². The van der Waals surface area contributed by atoms with Gasteiger partial charge in [-0.15, -0.1) is 5.10 Å². The third-order valence-corrected chi connectivity index (χ3v) is 4.23. The highest BCUT2D eigenvalue weighted by Crippen LogP contribution is 2.34. The van der Waals surface area contributed by atoms with Crippen molar-refractivity contribution in [3.8, 4) is 28.8 Å². The van der Waals surface area contributed by atoms with E-state index >= 15 is 0 Å². The van der Waals surface area contributed by atoms with Crippen molar-refractivity contribution in [3.05, 3.63) is 84.2 Å². The standard InChI is InChI=1S/C21H15F3N4O/c1-14-5-7-17(8-6-14)28-19(15-9-11-25-12-10-15)26-27-20(28)29-18-4-2-3-16(13-18)21(22,23)24/h2-13H,1H3. The molecule has 2 aromatic heterocycles. The minimum Gasteiger partial charge on any atom is -0.424 e. The van der Waals surface area contributed by atoms with Gasteiger partial charge in [0.1, 0.15) is 5.75 Å². The second-order valence-corrected chi connectivity index (χ2v) is 6.34. The maximum Gasteiger partial charge on any atom is 0.416 e. The van der Waals surface area contributed by atoms with Gasteiger partial charge in [0.25, 0.3) is 0 Å². The van der Waals surface area contributed by atoms with Gasteiger partial charge in [0, 0.05) is 18.0 Å². The summed E-state index contributed by atoms with van der Waals surface area (Å²) < 4.78 is 46.4. The van der Waals surface area contributed by atoms with E-state index in [2.05, 4.69) is 15.2 Å². The molecule has 0 aliphatic heterocycles. The second-order valence-electron chi connectivity index (χ2n) is 6.34. The predicted octanol–water partition coefficient (Wildman–Crippen LogP) is 5.45. The van der Waals surface area contributed by atoms with E-state index in [9.17, 15) is 13.2 Å². The van der Waals surface area contributed by atoms with E-state index in [0.717, 1.165) is 28.9 Å². The van der Waals surface area contributed by atoms with E-state index in [0.29, 0.717) is 5.82 Å². The van der Waals surface area contributed by atoms with Crippen LogP contribution >= 0.6 is 0 Å². The topological polar surface area (TPSA) is 52.8 Å². The lowest BCUT2D eigenvalue weighted by Gasteiger charge is -2.12. The Kier molecular flexibility index (Phi) is 4.75. The number of halogens is 3. The normalized spacial score (nSPS) is 11.4. The number of rotatable bonds is 4. The first-order chi connectivity index (χ1) is 13.9. The van der Waals surface area contributed by atoms with Crippen molar-refractivity contribution in [2.75, 3.05) is 0 Å². The fraction of sp³-hybridized carbons (Fsp3) is 0.0952. The summed E-state index contributed by atoms with van der Waals surface area (Å²) in [6.45, 7) is 1.96. The molecule has 0 spiro atoms. The van der Waals surface area contributed by atoms with Crippen molar-refractivity contribution in [2.24, 2.45) is 0 Å². The predicted molar refractivity (Wildman–Crippen MR) is 101 cm³/mol. The molecule has 0 N–H and O–H groups in total. The molecular weight excluding hydrogens is 381 g/mol. The molecule has 0 fully saturated rings. The van der Waals surface area contributed by atoms with Gasteiger partial charge in [-0.3, -0.25) is 4.98 Å². The van der Waals surface area contributed by atoms with Gasteiger partial charge in [-0.2, -0.15) is 13.2 Å². The lowest BCUT2D eigenvalue weighted by atomic mass is 10.2. The minimum atomic E-state index is -4.47. The van der Waals surface area contributed by atoms with Crippen LogP contribution in [0.15, 0.2) is 73.1 Å². The summed E-state index contributed by atoms with van der Waals surface area (Å²) in [6, 6.07) is 15.8. The van der Waals surface area contributed by atoms with Crippen molar-refractivity contribution in [1.82, 2.24) is 19.7 Å². The molecule has 2 aromatic carbocycles. The maximum atomic E-state index is 13.0. The molecule has 0 amide bonds. The Morgan fingerprint density at radius 1 is 0.897 bits per heavy atom. The van der Waals surface area contributed by atoms with Gasteiger partial charge < -0.3 is 4.74 Å². The molecule has 8 heteroatoms. The molecule has 2 heterocycles. The number of alkyl halides is 3. The van der Waals surface area contributed by atoms with Crippen LogP contribution in [0.25, 0.3) is 17.1 Å². The largest absolute Gasteiger partial charge is 0.424 e. The van der Waals surface area contributed by atoms with Crippen LogP contribution in [0, 0.1) is 6.92 Å². The molecule has 0 radical (unpaired) electrons. The summed E-state index contributed by atoms with van der Waals surface area (Å²) in [5, 5.41) is 8.26. The fourth-order valence-corrected chi connectivity index (χ4v) is 2.79. The number of aryl methyl sites for hydroxylation is 1. The zero-order valence-electron chi connectivity index (χ0n) is 15.3. The Balaban J connectivity index is 1.80. The number of hydrogen-bond donors (Lipinski definition) is 0. The first-order valence-corrected chi connectivity index (χ1v) is 8.70. The van der Waals surface area contributed by atoms with Crippen LogP contribution in [0.5, 0.6) is 11.8 Å². The van der Waals surface area contributed by atoms with Crippen LogP contribution in [0.4, 0.5) is 13.2 Å². The third kappa shape index (κ3) is 3.96. The molecule has 29 heavy (non-hydrogen) atoms. The SMILES string of the molecule is Cc1ccc(-n2c(Oc3cccc(C(F)(F)F)c3)nnc2-c2ccncc2)cc1. The summed E-state index contributed by atoms with van der Waals surface area (Å²) >= 11 is 0. The highest BCUT2D eigenvalue weighted by molar-refractivity contribution is 5.59. The second kappa shape index (κ2) is 7.38. The number of ether oxygens (including phenoxy) is 1. The van der Waals surface area contributed by atoms with Crippen molar-refractivity contribution in [3.63, 3.8) is 0 Å². The zero-order valence-corrected chi connectivity index (χ0v) is 15.3. The molecule has 0 aliphatic rings. The van der Waals surface area contributed by atoms with Crippen LogP contribution in [-0.4, -0.2) is 19.7 Å². The third-order valence-electron chi connectivity index (χ3n) is 4.23. The maximum absolute atomic E-state index is 13.0. The molecule has 4 rings (SSSR count). The zero-order chi connectivity index (χ0) is 20.4. The van der Waals surface area contributed by atoms with E-state index in [4.69, 9.17) is 4.74 Å². The quantitative estimate of drug-likeness (QED) is 0.460. The van der Waals surface area contributed by atoms with E-state index in [-0.39, 0.29) is 11.8 Å². The molecule has 0 atom stereocenters. The van der Waals surface area contributed by atoms with E-state index in [1.165, 1.54) is 12.1 Å². The molecule has 0 bridgehead atoms. The molecule has 0 aliphatic carbocycles. The molecule has 4 aromatic rings. The number of nitrogens with zero attached hydrogens (tertiary/aromatic N) is 4. The molecule has 5 nitrogen and oxygen atoms in total. The van der Waals surface area contributed by atoms with Gasteiger partial charge in [0.05, 0.1) is 11.3 Å². The molecule has 146 valence electrons. The van der Waals surface area contributed by atoms with Crippen LogP contribution in [0.1, 0.15) is 11.1 Å². The van der Waals surface area contributed by atoms with Crippen LogP contribution in [0.3, 0.4) is 0 Å². The highest BCUT2D eigenvalue weighted by Gasteiger charge is 2.31. The Morgan fingerprint density at radius 2 is 1.62 bits per heavy atom. The summed E-state index contributed by atoms with van der Waals surface area (Å²) in [4.78, 5) is 4.00. The highest BCUT2D eigenvalue weighted by atomic mass is 19.4. The fourth-order valence-electron chi connectivity index (χ4n) is 2.79. The van der Waals surface area contributed by atoms with Gasteiger partial charge in [-0.1, -0.05) is 28.9 Å². The number of hydrogen-bond acceptors (Lipinski definition) is 4. The van der Waals surface area contributed by atoms with Crippen molar-refractivity contribution < 1.29 is 17.9 Å². The van der Waals surface area contributed by atoms with Gasteiger partial charge in [-0.05, 0) is 49.4 Å². The lowest BCUT2D eigenvalue weighted by Crippen LogP contribution is -2.05. The van der Waals surface area contributed by atoms with Crippen LogP contribution in [0.2, 0.25) is 0 Å². The summed E-state index contributed by atoms with van der Waals surface area (Å²) in [7, 11) is 0. The minimum absolute atomic E-state index is 0.0156. The van der Waals surface area contributed by atoms with Gasteiger partial charge in [0.2, 0.25) is 0 Å². The summed E-state index contributed by atoms with van der Waals surface area (Å²) in [6.07, 6.45) is -1.22. The number of benzene rings is 2. The van der Waals surface area contributed by atoms with E-state index in [1.807, 2.05) is 31.2 Å². The first-order valence-electron chi connectivity index (χ1n) is 8.70.